The van der Waals surface area contributed by atoms with Gasteiger partial charge in [0.15, 0.2) is 0 Å². The summed E-state index contributed by atoms with van der Waals surface area (Å²) in [5.41, 5.74) is 6.36. The molecule has 5 rings (SSSR count). The Kier molecular flexibility index (Phi) is 4.21. The number of anilines is 1. The van der Waals surface area contributed by atoms with Gasteiger partial charge in [0.1, 0.15) is 5.75 Å². The Bertz CT molecular complexity index is 1150. The van der Waals surface area contributed by atoms with E-state index in [2.05, 4.69) is 31.7 Å². The number of amides is 2. The van der Waals surface area contributed by atoms with Crippen molar-refractivity contribution >= 4 is 43.2 Å². The smallest absolute Gasteiger partial charge is 0.286 e. The predicted octanol–water partition coefficient (Wildman–Crippen LogP) is 4.05. The summed E-state index contributed by atoms with van der Waals surface area (Å²) in [6, 6.07) is 7.26. The third kappa shape index (κ3) is 2.83. The SMILES string of the molecule is O=C(CS1(=O)=NC(=O)c2ccc(Br)cc21)Nc1c2c(cc3c1CCC3)CCC2. The van der Waals surface area contributed by atoms with E-state index in [1.54, 1.807) is 18.2 Å². The van der Waals surface area contributed by atoms with E-state index in [0.29, 0.717) is 14.9 Å². The molecule has 0 aromatic heterocycles. The fraction of sp³-hybridized carbons (Fsp3) is 0.333. The number of rotatable bonds is 3. The molecule has 5 nitrogen and oxygen atoms in total. The van der Waals surface area contributed by atoms with Crippen LogP contribution in [0.15, 0.2) is 38.0 Å². The minimum atomic E-state index is -3.10. The zero-order valence-corrected chi connectivity index (χ0v) is 17.6. The first-order valence-electron chi connectivity index (χ1n) is 9.50. The van der Waals surface area contributed by atoms with Gasteiger partial charge < -0.3 is 5.32 Å². The van der Waals surface area contributed by atoms with Crippen molar-refractivity contribution in [3.63, 3.8) is 0 Å². The lowest BCUT2D eigenvalue weighted by Gasteiger charge is -2.16. The van der Waals surface area contributed by atoms with E-state index >= 15 is 0 Å². The summed E-state index contributed by atoms with van der Waals surface area (Å²) in [6.07, 6.45) is 6.23. The van der Waals surface area contributed by atoms with Gasteiger partial charge in [-0.15, -0.1) is 0 Å². The van der Waals surface area contributed by atoms with Crippen LogP contribution < -0.4 is 5.32 Å². The van der Waals surface area contributed by atoms with E-state index in [4.69, 9.17) is 0 Å². The molecule has 1 N–H and O–H groups in total. The van der Waals surface area contributed by atoms with Crippen LogP contribution in [0.2, 0.25) is 0 Å². The van der Waals surface area contributed by atoms with Crippen molar-refractivity contribution < 1.29 is 13.8 Å². The number of fused-ring (bicyclic) bond motifs is 3. The number of hydrogen-bond acceptors (Lipinski definition) is 3. The van der Waals surface area contributed by atoms with Crippen molar-refractivity contribution in [1.29, 1.82) is 0 Å². The molecule has 0 bridgehead atoms. The van der Waals surface area contributed by atoms with Gasteiger partial charge in [-0.1, -0.05) is 22.0 Å². The van der Waals surface area contributed by atoms with E-state index in [1.807, 2.05) is 0 Å². The Morgan fingerprint density at radius 2 is 1.75 bits per heavy atom. The van der Waals surface area contributed by atoms with Crippen LogP contribution in [0, 0.1) is 0 Å². The van der Waals surface area contributed by atoms with Crippen LogP contribution in [-0.4, -0.2) is 21.8 Å². The lowest BCUT2D eigenvalue weighted by Crippen LogP contribution is -2.23. The lowest BCUT2D eigenvalue weighted by atomic mass is 9.98. The largest absolute Gasteiger partial charge is 0.325 e. The maximum atomic E-state index is 13.4. The quantitative estimate of drug-likeness (QED) is 0.753. The number of nitrogens with one attached hydrogen (secondary N) is 1. The molecule has 1 heterocycles. The van der Waals surface area contributed by atoms with Crippen LogP contribution in [0.25, 0.3) is 0 Å². The zero-order valence-electron chi connectivity index (χ0n) is 15.2. The molecule has 2 aromatic carbocycles. The molecule has 0 spiro atoms. The van der Waals surface area contributed by atoms with E-state index in [9.17, 15) is 13.8 Å². The predicted molar refractivity (Wildman–Crippen MR) is 111 cm³/mol. The van der Waals surface area contributed by atoms with Crippen LogP contribution in [0.3, 0.4) is 0 Å². The van der Waals surface area contributed by atoms with Gasteiger partial charge >= 0.3 is 0 Å². The Balaban J connectivity index is 1.48. The second-order valence-corrected chi connectivity index (χ2v) is 10.7. The first-order valence-corrected chi connectivity index (χ1v) is 12.0. The van der Waals surface area contributed by atoms with Crippen molar-refractivity contribution in [3.05, 3.63) is 56.6 Å². The average molecular weight is 459 g/mol. The first-order chi connectivity index (χ1) is 13.4. The Morgan fingerprint density at radius 1 is 1.07 bits per heavy atom. The van der Waals surface area contributed by atoms with Crippen molar-refractivity contribution in [3.8, 4) is 0 Å². The average Bonchev–Trinajstić information content (AvgIpc) is 3.34. The Morgan fingerprint density at radius 3 is 2.43 bits per heavy atom. The van der Waals surface area contributed by atoms with Gasteiger partial charge in [-0.25, -0.2) is 4.21 Å². The second-order valence-electron chi connectivity index (χ2n) is 7.60. The minimum Gasteiger partial charge on any atom is -0.325 e. The molecule has 2 amide bonds. The summed E-state index contributed by atoms with van der Waals surface area (Å²) < 4.78 is 17.9. The highest BCUT2D eigenvalue weighted by Crippen LogP contribution is 2.39. The molecule has 28 heavy (non-hydrogen) atoms. The summed E-state index contributed by atoms with van der Waals surface area (Å²) in [5, 5.41) is 3.05. The summed E-state index contributed by atoms with van der Waals surface area (Å²) in [4.78, 5) is 25.4. The standard InChI is InChI=1S/C21H19BrN2O3S/c22-14-7-8-17-18(10-14)28(27,24-21(17)26)11-19(25)23-20-15-5-1-3-12(15)9-13-4-2-6-16(13)20/h7-10H,1-6,11H2,(H,23,25). The molecule has 0 saturated carbocycles. The maximum Gasteiger partial charge on any atom is 0.286 e. The Hall–Kier alpha value is -1.99. The minimum absolute atomic E-state index is 0.305. The number of hydrogen-bond donors (Lipinski definition) is 1. The van der Waals surface area contributed by atoms with Gasteiger partial charge in [-0.2, -0.15) is 4.36 Å². The van der Waals surface area contributed by atoms with Gasteiger partial charge in [0.2, 0.25) is 5.91 Å². The van der Waals surface area contributed by atoms with Crippen molar-refractivity contribution in [1.82, 2.24) is 0 Å². The topological polar surface area (TPSA) is 75.6 Å². The van der Waals surface area contributed by atoms with E-state index in [-0.39, 0.29) is 11.7 Å². The fourth-order valence-electron chi connectivity index (χ4n) is 4.60. The van der Waals surface area contributed by atoms with E-state index < -0.39 is 15.6 Å². The molecule has 7 heteroatoms. The van der Waals surface area contributed by atoms with Crippen LogP contribution >= 0.6 is 15.9 Å². The number of benzene rings is 2. The molecule has 0 radical (unpaired) electrons. The molecular formula is C21H19BrN2O3S. The third-order valence-corrected chi connectivity index (χ3v) is 8.44. The highest BCUT2D eigenvalue weighted by atomic mass is 79.9. The van der Waals surface area contributed by atoms with Crippen LogP contribution in [0.5, 0.6) is 0 Å². The molecule has 0 fully saturated rings. The molecule has 3 aliphatic rings. The molecular weight excluding hydrogens is 440 g/mol. The van der Waals surface area contributed by atoms with E-state index in [1.165, 1.54) is 22.3 Å². The zero-order chi connectivity index (χ0) is 19.5. The number of nitrogens with zero attached hydrogens (tertiary/aromatic N) is 1. The van der Waals surface area contributed by atoms with Gasteiger partial charge in [0.25, 0.3) is 5.91 Å². The summed E-state index contributed by atoms with van der Waals surface area (Å²) >= 11 is 3.34. The normalized spacial score (nSPS) is 21.8. The van der Waals surface area contributed by atoms with Crippen molar-refractivity contribution in [2.24, 2.45) is 4.36 Å². The molecule has 1 aliphatic heterocycles. The molecule has 0 saturated heterocycles. The molecule has 1 atom stereocenters. The third-order valence-electron chi connectivity index (χ3n) is 5.81. The molecule has 1 unspecified atom stereocenters. The van der Waals surface area contributed by atoms with Gasteiger partial charge in [-0.05, 0) is 79.0 Å². The molecule has 2 aliphatic carbocycles. The van der Waals surface area contributed by atoms with Gasteiger partial charge in [0, 0.05) is 10.2 Å². The number of aryl methyl sites for hydroxylation is 2. The summed E-state index contributed by atoms with van der Waals surface area (Å²) in [5.74, 6) is -1.16. The maximum absolute atomic E-state index is 13.4. The Labute approximate surface area is 172 Å². The highest BCUT2D eigenvalue weighted by Gasteiger charge is 2.32. The number of carbonyl (C=O) groups excluding carboxylic acids is 2. The fourth-order valence-corrected chi connectivity index (χ4v) is 7.03. The van der Waals surface area contributed by atoms with Crippen LogP contribution in [-0.2, 0) is 40.2 Å². The van der Waals surface area contributed by atoms with Crippen LogP contribution in [0.1, 0.15) is 45.5 Å². The highest BCUT2D eigenvalue weighted by molar-refractivity contribution is 9.10. The van der Waals surface area contributed by atoms with E-state index in [0.717, 1.165) is 44.2 Å². The van der Waals surface area contributed by atoms with Crippen molar-refractivity contribution in [2.45, 2.75) is 43.4 Å². The summed E-state index contributed by atoms with van der Waals surface area (Å²) in [6.45, 7) is 0. The summed E-state index contributed by atoms with van der Waals surface area (Å²) in [7, 11) is -3.10. The number of carbonyl (C=O) groups is 2. The number of halogens is 1. The van der Waals surface area contributed by atoms with Crippen molar-refractivity contribution in [2.75, 3.05) is 11.1 Å². The van der Waals surface area contributed by atoms with Gasteiger partial charge in [0.05, 0.1) is 20.2 Å². The van der Waals surface area contributed by atoms with Gasteiger partial charge in [-0.3, -0.25) is 9.59 Å². The monoisotopic (exact) mass is 458 g/mol. The molecule has 2 aromatic rings. The first kappa shape index (κ1) is 18.1. The van der Waals surface area contributed by atoms with Crippen LogP contribution in [0.4, 0.5) is 5.69 Å². The lowest BCUT2D eigenvalue weighted by molar-refractivity contribution is -0.113. The second kappa shape index (κ2) is 6.52. The molecule has 144 valence electrons.